The molecule has 0 radical (unpaired) electrons. The molecule has 1 fully saturated rings. The van der Waals surface area contributed by atoms with E-state index in [0.29, 0.717) is 0 Å². The van der Waals surface area contributed by atoms with Gasteiger partial charge in [-0.1, -0.05) is 6.92 Å². The third-order valence-corrected chi connectivity index (χ3v) is 4.67. The van der Waals surface area contributed by atoms with Crippen molar-refractivity contribution in [2.24, 2.45) is 0 Å². The molecule has 8 atom stereocenters. The lowest BCUT2D eigenvalue weighted by atomic mass is 9.99. The van der Waals surface area contributed by atoms with Gasteiger partial charge in [-0.15, -0.1) is 0 Å². The average molecular weight is 472 g/mol. The minimum absolute atomic E-state index is 0.0119. The van der Waals surface area contributed by atoms with Crippen LogP contribution >= 0.6 is 0 Å². The number of hydrogen-bond acceptors (Lipinski definition) is 14. The van der Waals surface area contributed by atoms with Crippen LogP contribution in [-0.2, 0) is 18.9 Å². The fourth-order valence-electron chi connectivity index (χ4n) is 2.75. The monoisotopic (exact) mass is 472 g/mol. The third kappa shape index (κ3) is 6.81. The summed E-state index contributed by atoms with van der Waals surface area (Å²) >= 11 is 0. The molecule has 0 saturated carbocycles. The molecular formula is C18H32O14. The topological polar surface area (TPSA) is 239 Å². The summed E-state index contributed by atoms with van der Waals surface area (Å²) in [6.45, 7) is 0.146. The first-order valence-electron chi connectivity index (χ1n) is 9.72. The Balaban J connectivity index is 3.19. The van der Waals surface area contributed by atoms with Crippen LogP contribution in [0.2, 0.25) is 0 Å². The van der Waals surface area contributed by atoms with Gasteiger partial charge in [-0.3, -0.25) is 0 Å². The molecule has 188 valence electrons. The summed E-state index contributed by atoms with van der Waals surface area (Å²) in [4.78, 5) is 0. The van der Waals surface area contributed by atoms with E-state index in [1.807, 2.05) is 0 Å². The standard InChI is InChI=1S/C18H32O14/c1-3-7(21)10(22)13(25)16(27)32-15(17(28)29-2)8(4-5-19)30-18-14(26)12(24)11(23)9(6-20)31-18/h7-9,11-12,14,16,18-28H,3-6H2,1-2H3/b13-10-,17-15-/t7-,8+,9?,11-,12?,14?,16+,18+/m0/s1. The molecule has 0 amide bonds. The molecule has 1 rings (SSSR count). The highest BCUT2D eigenvalue weighted by Crippen LogP contribution is 2.28. The van der Waals surface area contributed by atoms with E-state index in [4.69, 9.17) is 14.2 Å². The van der Waals surface area contributed by atoms with Crippen LogP contribution in [0.3, 0.4) is 0 Å². The van der Waals surface area contributed by atoms with Crippen LogP contribution < -0.4 is 0 Å². The van der Waals surface area contributed by atoms with Gasteiger partial charge in [-0.2, -0.15) is 0 Å². The number of ether oxygens (including phenoxy) is 4. The highest BCUT2D eigenvalue weighted by atomic mass is 16.7. The summed E-state index contributed by atoms with van der Waals surface area (Å²) in [6, 6.07) is 0. The first-order valence-corrected chi connectivity index (χ1v) is 9.72. The van der Waals surface area contributed by atoms with Crippen LogP contribution in [0, 0.1) is 0 Å². The second-order valence-corrected chi connectivity index (χ2v) is 6.87. The number of aliphatic hydroxyl groups excluding tert-OH is 10. The molecule has 0 aromatic rings. The van der Waals surface area contributed by atoms with Gasteiger partial charge in [0.05, 0.1) is 13.7 Å². The van der Waals surface area contributed by atoms with Crippen molar-refractivity contribution in [3.63, 3.8) is 0 Å². The average Bonchev–Trinajstić information content (AvgIpc) is 2.80. The van der Waals surface area contributed by atoms with Crippen LogP contribution in [0.5, 0.6) is 0 Å². The van der Waals surface area contributed by atoms with E-state index in [-0.39, 0.29) is 12.8 Å². The van der Waals surface area contributed by atoms with Crippen molar-refractivity contribution >= 4 is 0 Å². The predicted molar refractivity (Wildman–Crippen MR) is 103 cm³/mol. The van der Waals surface area contributed by atoms with Gasteiger partial charge in [0.2, 0.25) is 11.5 Å². The number of aliphatic hydroxyl groups is 10. The fraction of sp³-hybridized carbons (Fsp3) is 0.778. The van der Waals surface area contributed by atoms with Crippen LogP contribution in [0.1, 0.15) is 19.8 Å². The lowest BCUT2D eigenvalue weighted by molar-refractivity contribution is -0.312. The largest absolute Gasteiger partial charge is 0.506 e. The maximum absolute atomic E-state index is 10.1. The molecule has 1 heterocycles. The van der Waals surface area contributed by atoms with Gasteiger partial charge in [0.25, 0.3) is 6.29 Å². The highest BCUT2D eigenvalue weighted by Gasteiger charge is 2.45. The zero-order valence-corrected chi connectivity index (χ0v) is 17.6. The predicted octanol–water partition coefficient (Wildman–Crippen LogP) is -2.64. The molecule has 0 aliphatic carbocycles. The summed E-state index contributed by atoms with van der Waals surface area (Å²) in [5.74, 6) is -3.90. The Morgan fingerprint density at radius 3 is 2.09 bits per heavy atom. The van der Waals surface area contributed by atoms with E-state index in [1.165, 1.54) is 6.92 Å². The Labute approximate surface area is 183 Å². The maximum Gasteiger partial charge on any atom is 0.319 e. The van der Waals surface area contributed by atoms with Crippen LogP contribution in [0.25, 0.3) is 0 Å². The number of methoxy groups -OCH3 is 1. The van der Waals surface area contributed by atoms with Crippen molar-refractivity contribution in [3.05, 3.63) is 23.2 Å². The molecule has 1 saturated heterocycles. The Hall–Kier alpha value is -1.88. The molecule has 0 aromatic carbocycles. The van der Waals surface area contributed by atoms with Gasteiger partial charge in [0.1, 0.15) is 36.6 Å². The van der Waals surface area contributed by atoms with E-state index in [0.717, 1.165) is 7.11 Å². The van der Waals surface area contributed by atoms with Crippen molar-refractivity contribution in [1.29, 1.82) is 0 Å². The summed E-state index contributed by atoms with van der Waals surface area (Å²) in [5.41, 5.74) is 0. The van der Waals surface area contributed by atoms with Gasteiger partial charge in [0, 0.05) is 13.0 Å². The molecule has 14 nitrogen and oxygen atoms in total. The maximum atomic E-state index is 10.1. The van der Waals surface area contributed by atoms with Gasteiger partial charge in [-0.05, 0) is 6.42 Å². The summed E-state index contributed by atoms with van der Waals surface area (Å²) in [5, 5.41) is 97.9. The van der Waals surface area contributed by atoms with Gasteiger partial charge < -0.3 is 70.0 Å². The third-order valence-electron chi connectivity index (χ3n) is 4.67. The molecule has 1 aliphatic rings. The van der Waals surface area contributed by atoms with Crippen molar-refractivity contribution in [2.75, 3.05) is 20.3 Å². The van der Waals surface area contributed by atoms with Crippen LogP contribution in [0.4, 0.5) is 0 Å². The lowest BCUT2D eigenvalue weighted by Gasteiger charge is -2.41. The molecule has 32 heavy (non-hydrogen) atoms. The first-order chi connectivity index (χ1) is 15.0. The summed E-state index contributed by atoms with van der Waals surface area (Å²) < 4.78 is 20.3. The van der Waals surface area contributed by atoms with Crippen molar-refractivity contribution < 1.29 is 70.0 Å². The zero-order chi connectivity index (χ0) is 24.6. The number of hydrogen-bond donors (Lipinski definition) is 10. The highest BCUT2D eigenvalue weighted by molar-refractivity contribution is 5.09. The second kappa shape index (κ2) is 13.0. The fourth-order valence-corrected chi connectivity index (χ4v) is 2.75. The molecule has 1 aliphatic heterocycles. The van der Waals surface area contributed by atoms with E-state index >= 15 is 0 Å². The van der Waals surface area contributed by atoms with Gasteiger partial charge >= 0.3 is 5.95 Å². The molecule has 3 unspecified atom stereocenters. The zero-order valence-electron chi connectivity index (χ0n) is 17.6. The van der Waals surface area contributed by atoms with Crippen molar-refractivity contribution in [1.82, 2.24) is 0 Å². The molecule has 0 aromatic heterocycles. The van der Waals surface area contributed by atoms with E-state index < -0.39 is 85.6 Å². The van der Waals surface area contributed by atoms with E-state index in [1.54, 1.807) is 0 Å². The molecular weight excluding hydrogens is 440 g/mol. The van der Waals surface area contributed by atoms with E-state index in [9.17, 15) is 51.1 Å². The Bertz CT molecular complexity index is 635. The van der Waals surface area contributed by atoms with Crippen molar-refractivity contribution in [2.45, 2.75) is 69.0 Å². The van der Waals surface area contributed by atoms with Gasteiger partial charge in [-0.25, -0.2) is 0 Å². The molecule has 0 spiro atoms. The summed E-state index contributed by atoms with van der Waals surface area (Å²) in [7, 11) is 1.00. The molecule has 0 bridgehead atoms. The minimum atomic E-state index is -2.33. The molecule has 14 heteroatoms. The van der Waals surface area contributed by atoms with E-state index in [2.05, 4.69) is 4.74 Å². The van der Waals surface area contributed by atoms with Crippen LogP contribution in [0.15, 0.2) is 23.2 Å². The smallest absolute Gasteiger partial charge is 0.319 e. The Morgan fingerprint density at radius 1 is 0.969 bits per heavy atom. The SMILES string of the molecule is CC[C@H](O)/C(O)=C(/O)[C@H](O)O/C(=C(/O)OC)[C@@H](CCO)O[C@@H]1OC(CO)[C@H](O)C(O)C1O. The minimum Gasteiger partial charge on any atom is -0.506 e. The molecule has 10 N–H and O–H groups in total. The summed E-state index contributed by atoms with van der Waals surface area (Å²) in [6.07, 6.45) is -14.1. The first kappa shape index (κ1) is 28.2. The number of rotatable bonds is 12. The quantitative estimate of drug-likeness (QED) is 0.103. The second-order valence-electron chi connectivity index (χ2n) is 6.87. The van der Waals surface area contributed by atoms with Gasteiger partial charge in [0.15, 0.2) is 12.0 Å². The lowest BCUT2D eigenvalue weighted by Crippen LogP contribution is -2.59. The Morgan fingerprint density at radius 2 is 1.59 bits per heavy atom. The normalized spacial score (nSPS) is 30.6. The van der Waals surface area contributed by atoms with Crippen LogP contribution in [-0.4, -0.2) is 121 Å². The Kier molecular flexibility index (Phi) is 11.4. The van der Waals surface area contributed by atoms with Crippen molar-refractivity contribution in [3.8, 4) is 0 Å².